The van der Waals surface area contributed by atoms with Crippen molar-refractivity contribution in [3.63, 3.8) is 0 Å². The van der Waals surface area contributed by atoms with Crippen LogP contribution < -0.4 is 19.7 Å². The number of piperidine rings is 1. The van der Waals surface area contributed by atoms with E-state index in [4.69, 9.17) is 9.47 Å². The predicted octanol–water partition coefficient (Wildman–Crippen LogP) is 2.57. The van der Waals surface area contributed by atoms with E-state index in [0.29, 0.717) is 27.6 Å². The van der Waals surface area contributed by atoms with Crippen molar-refractivity contribution >= 4 is 27.8 Å². The zero-order valence-corrected chi connectivity index (χ0v) is 17.0. The number of hydrogen-bond donors (Lipinski definition) is 1. The van der Waals surface area contributed by atoms with E-state index in [0.717, 1.165) is 25.9 Å². The van der Waals surface area contributed by atoms with Gasteiger partial charge in [0.2, 0.25) is 5.95 Å². The Morgan fingerprint density at radius 3 is 2.63 bits per heavy atom. The summed E-state index contributed by atoms with van der Waals surface area (Å²) < 4.78 is 11.1. The van der Waals surface area contributed by atoms with E-state index in [-0.39, 0.29) is 18.5 Å². The Morgan fingerprint density at radius 1 is 1.15 bits per heavy atom. The smallest absolute Gasteiger partial charge is 0.321 e. The normalized spacial score (nSPS) is 14.0. The van der Waals surface area contributed by atoms with E-state index in [1.54, 1.807) is 25.3 Å². The minimum atomic E-state index is -0.250. The number of rotatable bonds is 6. The van der Waals surface area contributed by atoms with Crippen LogP contribution in [0.5, 0.6) is 11.8 Å². The first kappa shape index (κ1) is 19.3. The van der Waals surface area contributed by atoms with Gasteiger partial charge in [-0.1, -0.05) is 0 Å². The summed E-state index contributed by atoms with van der Waals surface area (Å²) in [5.74, 6) is 1.40. The third kappa shape index (κ3) is 4.85. The van der Waals surface area contributed by atoms with E-state index in [2.05, 4.69) is 41.1 Å². The number of halogens is 1. The molecule has 1 amide bonds. The molecular formula is C18H22BrN5O3. The molecule has 0 spiro atoms. The van der Waals surface area contributed by atoms with Crippen molar-refractivity contribution < 1.29 is 14.3 Å². The van der Waals surface area contributed by atoms with Crippen LogP contribution >= 0.6 is 15.9 Å². The number of ether oxygens (including phenoxy) is 2. The lowest BCUT2D eigenvalue weighted by Gasteiger charge is -2.26. The largest absolute Gasteiger partial charge is 0.497 e. The van der Waals surface area contributed by atoms with Gasteiger partial charge in [-0.05, 0) is 53.4 Å². The molecule has 0 aliphatic carbocycles. The second kappa shape index (κ2) is 8.98. The first-order valence-electron chi connectivity index (χ1n) is 8.76. The molecule has 1 aromatic carbocycles. The molecule has 2 aromatic rings. The lowest BCUT2D eigenvalue weighted by molar-refractivity contribution is 0.0948. The summed E-state index contributed by atoms with van der Waals surface area (Å²) in [5.41, 5.74) is 0.478. The van der Waals surface area contributed by atoms with Gasteiger partial charge in [0, 0.05) is 17.6 Å². The Labute approximate surface area is 166 Å². The molecule has 1 aliphatic rings. The Balaban J connectivity index is 1.74. The minimum Gasteiger partial charge on any atom is -0.497 e. The molecule has 27 heavy (non-hydrogen) atoms. The summed E-state index contributed by atoms with van der Waals surface area (Å²) in [6, 6.07) is 5.47. The minimum absolute atomic E-state index is 0.169. The highest BCUT2D eigenvalue weighted by Crippen LogP contribution is 2.22. The highest BCUT2D eigenvalue weighted by molar-refractivity contribution is 9.10. The fraction of sp³-hybridized carbons (Fsp3) is 0.444. The molecular weight excluding hydrogens is 414 g/mol. The number of carbonyl (C=O) groups is 1. The number of anilines is 1. The highest BCUT2D eigenvalue weighted by atomic mass is 79.9. The van der Waals surface area contributed by atoms with E-state index in [9.17, 15) is 4.79 Å². The number of hydrogen-bond acceptors (Lipinski definition) is 7. The molecule has 0 bridgehead atoms. The number of carbonyl (C=O) groups excluding carboxylic acids is 1. The van der Waals surface area contributed by atoms with Gasteiger partial charge in [0.05, 0.1) is 26.3 Å². The molecule has 0 unspecified atom stereocenters. The van der Waals surface area contributed by atoms with Crippen LogP contribution in [0, 0.1) is 0 Å². The summed E-state index contributed by atoms with van der Waals surface area (Å²) in [4.78, 5) is 27.7. The summed E-state index contributed by atoms with van der Waals surface area (Å²) in [6.45, 7) is 1.99. The molecule has 1 N–H and O–H groups in total. The topological polar surface area (TPSA) is 89.5 Å². The zero-order valence-electron chi connectivity index (χ0n) is 15.4. The van der Waals surface area contributed by atoms with Crippen LogP contribution in [0.3, 0.4) is 0 Å². The van der Waals surface area contributed by atoms with E-state index in [1.165, 1.54) is 13.5 Å². The lowest BCUT2D eigenvalue weighted by atomic mass is 10.1. The Kier molecular flexibility index (Phi) is 6.44. The number of amides is 1. The average Bonchev–Trinajstić information content (AvgIpc) is 2.72. The molecule has 0 atom stereocenters. The van der Waals surface area contributed by atoms with Gasteiger partial charge < -0.3 is 19.7 Å². The number of methoxy groups -OCH3 is 2. The molecule has 0 radical (unpaired) electrons. The van der Waals surface area contributed by atoms with Crippen molar-refractivity contribution in [1.82, 2.24) is 20.3 Å². The monoisotopic (exact) mass is 435 g/mol. The molecule has 1 saturated heterocycles. The first-order valence-corrected chi connectivity index (χ1v) is 9.55. The quantitative estimate of drug-likeness (QED) is 0.745. The molecule has 1 fully saturated rings. The summed E-state index contributed by atoms with van der Waals surface area (Å²) in [7, 11) is 3.08. The molecule has 1 aromatic heterocycles. The van der Waals surface area contributed by atoms with Gasteiger partial charge in [0.15, 0.2) is 5.82 Å². The standard InChI is InChI=1S/C18H22BrN5O3/c1-26-12-6-7-14(19)13(10-12)16(25)20-11-15-21-17(23-18(22-15)27-2)24-8-4-3-5-9-24/h6-7,10H,3-5,8-9,11H2,1-2H3,(H,20,25). The van der Waals surface area contributed by atoms with Crippen molar-refractivity contribution in [2.75, 3.05) is 32.2 Å². The summed E-state index contributed by atoms with van der Waals surface area (Å²) in [5, 5.41) is 2.84. The molecule has 1 aliphatic heterocycles. The van der Waals surface area contributed by atoms with Gasteiger partial charge in [0.25, 0.3) is 5.91 Å². The second-order valence-electron chi connectivity index (χ2n) is 6.11. The first-order chi connectivity index (χ1) is 13.1. The molecule has 9 heteroatoms. The molecule has 2 heterocycles. The van der Waals surface area contributed by atoms with Crippen molar-refractivity contribution in [3.05, 3.63) is 34.1 Å². The van der Waals surface area contributed by atoms with Gasteiger partial charge in [-0.25, -0.2) is 0 Å². The number of aromatic nitrogens is 3. The third-order valence-electron chi connectivity index (χ3n) is 4.30. The van der Waals surface area contributed by atoms with Crippen LogP contribution in [-0.2, 0) is 6.54 Å². The molecule has 3 rings (SSSR count). The highest BCUT2D eigenvalue weighted by Gasteiger charge is 2.17. The van der Waals surface area contributed by atoms with E-state index >= 15 is 0 Å². The van der Waals surface area contributed by atoms with Gasteiger partial charge in [-0.2, -0.15) is 15.0 Å². The molecule has 0 saturated carbocycles. The number of nitrogens with one attached hydrogen (secondary N) is 1. The van der Waals surface area contributed by atoms with Crippen LogP contribution in [0.4, 0.5) is 5.95 Å². The maximum Gasteiger partial charge on any atom is 0.321 e. The fourth-order valence-corrected chi connectivity index (χ4v) is 3.28. The van der Waals surface area contributed by atoms with Gasteiger partial charge in [0.1, 0.15) is 5.75 Å². The maximum absolute atomic E-state index is 12.5. The van der Waals surface area contributed by atoms with Crippen molar-refractivity contribution in [3.8, 4) is 11.8 Å². The Bertz CT molecular complexity index is 812. The van der Waals surface area contributed by atoms with Crippen LogP contribution in [0.25, 0.3) is 0 Å². The number of benzene rings is 1. The van der Waals surface area contributed by atoms with Crippen molar-refractivity contribution in [2.45, 2.75) is 25.8 Å². The van der Waals surface area contributed by atoms with Crippen LogP contribution in [0.15, 0.2) is 22.7 Å². The third-order valence-corrected chi connectivity index (χ3v) is 4.99. The second-order valence-corrected chi connectivity index (χ2v) is 6.97. The van der Waals surface area contributed by atoms with Crippen molar-refractivity contribution in [1.29, 1.82) is 0 Å². The van der Waals surface area contributed by atoms with Crippen LogP contribution in [0.2, 0.25) is 0 Å². The fourth-order valence-electron chi connectivity index (χ4n) is 2.85. The van der Waals surface area contributed by atoms with Gasteiger partial charge >= 0.3 is 6.01 Å². The SMILES string of the molecule is COc1ccc(Br)c(C(=O)NCc2nc(OC)nc(N3CCCCC3)n2)c1. The lowest BCUT2D eigenvalue weighted by Crippen LogP contribution is -2.32. The summed E-state index contributed by atoms with van der Waals surface area (Å²) >= 11 is 3.39. The molecule has 144 valence electrons. The zero-order chi connectivity index (χ0) is 19.2. The van der Waals surface area contributed by atoms with Crippen LogP contribution in [0.1, 0.15) is 35.4 Å². The van der Waals surface area contributed by atoms with E-state index < -0.39 is 0 Å². The summed E-state index contributed by atoms with van der Waals surface area (Å²) in [6.07, 6.45) is 3.45. The van der Waals surface area contributed by atoms with Crippen molar-refractivity contribution in [2.24, 2.45) is 0 Å². The van der Waals surface area contributed by atoms with Gasteiger partial charge in [-0.15, -0.1) is 0 Å². The average molecular weight is 436 g/mol. The Hall–Kier alpha value is -2.42. The van der Waals surface area contributed by atoms with Crippen LogP contribution in [-0.4, -0.2) is 48.2 Å². The maximum atomic E-state index is 12.5. The van der Waals surface area contributed by atoms with Gasteiger partial charge in [-0.3, -0.25) is 4.79 Å². The van der Waals surface area contributed by atoms with E-state index in [1.807, 2.05) is 0 Å². The number of nitrogens with zero attached hydrogens (tertiary/aromatic N) is 4. The Morgan fingerprint density at radius 2 is 1.93 bits per heavy atom. The molecule has 8 nitrogen and oxygen atoms in total. The predicted molar refractivity (Wildman–Crippen MR) is 104 cm³/mol.